The summed E-state index contributed by atoms with van der Waals surface area (Å²) < 4.78 is 5.85. The van der Waals surface area contributed by atoms with Gasteiger partial charge in [-0.05, 0) is 38.6 Å². The molecule has 1 N–H and O–H groups in total. The van der Waals surface area contributed by atoms with E-state index in [1.807, 2.05) is 0 Å². The van der Waals surface area contributed by atoms with Crippen molar-refractivity contribution in [2.24, 2.45) is 0 Å². The van der Waals surface area contributed by atoms with Crippen LogP contribution in [-0.4, -0.2) is 25.3 Å². The number of hydrogen-bond donors (Lipinski definition) is 1. The highest BCUT2D eigenvalue weighted by Crippen LogP contribution is 2.21. The van der Waals surface area contributed by atoms with Gasteiger partial charge in [0.25, 0.3) is 0 Å². The molecule has 0 amide bonds. The van der Waals surface area contributed by atoms with Gasteiger partial charge in [-0.25, -0.2) is 0 Å². The van der Waals surface area contributed by atoms with E-state index in [1.165, 1.54) is 64.2 Å². The highest BCUT2D eigenvalue weighted by molar-refractivity contribution is 4.71. The van der Waals surface area contributed by atoms with Crippen LogP contribution in [0.2, 0.25) is 0 Å². The predicted octanol–water partition coefficient (Wildman–Crippen LogP) is 3.26. The zero-order valence-corrected chi connectivity index (χ0v) is 10.5. The first kappa shape index (κ1) is 12.4. The van der Waals surface area contributed by atoms with E-state index in [9.17, 15) is 0 Å². The molecule has 2 rings (SSSR count). The summed E-state index contributed by atoms with van der Waals surface area (Å²) >= 11 is 0. The van der Waals surface area contributed by atoms with Gasteiger partial charge in [0.15, 0.2) is 0 Å². The Balaban J connectivity index is 1.42. The lowest BCUT2D eigenvalue weighted by molar-refractivity contribution is 0.0564. The number of rotatable bonds is 6. The summed E-state index contributed by atoms with van der Waals surface area (Å²) in [4.78, 5) is 0. The van der Waals surface area contributed by atoms with E-state index in [2.05, 4.69) is 5.32 Å². The molecule has 0 spiro atoms. The Bertz CT molecular complexity index is 172. The normalized spacial score (nSPS) is 24.0. The maximum absolute atomic E-state index is 5.85. The van der Waals surface area contributed by atoms with Crippen LogP contribution in [0.4, 0.5) is 0 Å². The third kappa shape index (κ3) is 4.42. The lowest BCUT2D eigenvalue weighted by Crippen LogP contribution is -2.32. The zero-order valence-electron chi connectivity index (χ0n) is 10.5. The van der Waals surface area contributed by atoms with Crippen molar-refractivity contribution in [3.05, 3.63) is 0 Å². The van der Waals surface area contributed by atoms with Crippen LogP contribution in [0, 0.1) is 0 Å². The van der Waals surface area contributed by atoms with Gasteiger partial charge in [-0.2, -0.15) is 0 Å². The minimum Gasteiger partial charge on any atom is -0.378 e. The Morgan fingerprint density at radius 1 is 0.875 bits per heavy atom. The van der Waals surface area contributed by atoms with Crippen LogP contribution in [0.15, 0.2) is 0 Å². The van der Waals surface area contributed by atoms with E-state index in [1.54, 1.807) is 0 Å². The van der Waals surface area contributed by atoms with Gasteiger partial charge >= 0.3 is 0 Å². The Labute approximate surface area is 100 Å². The highest BCUT2D eigenvalue weighted by atomic mass is 16.5. The molecular weight excluding hydrogens is 198 g/mol. The molecule has 0 aromatic carbocycles. The van der Waals surface area contributed by atoms with Gasteiger partial charge in [-0.15, -0.1) is 0 Å². The van der Waals surface area contributed by atoms with Gasteiger partial charge in [-0.3, -0.25) is 0 Å². The number of hydrogen-bond acceptors (Lipinski definition) is 2. The maximum Gasteiger partial charge on any atom is 0.0575 e. The molecule has 0 unspecified atom stereocenters. The Morgan fingerprint density at radius 3 is 2.31 bits per heavy atom. The van der Waals surface area contributed by atoms with Crippen LogP contribution in [0.25, 0.3) is 0 Å². The quantitative estimate of drug-likeness (QED) is 0.701. The molecule has 0 aromatic heterocycles. The molecule has 16 heavy (non-hydrogen) atoms. The Kier molecular flexibility index (Phi) is 5.64. The third-order valence-electron chi connectivity index (χ3n) is 4.02. The van der Waals surface area contributed by atoms with Gasteiger partial charge in [0.05, 0.1) is 6.10 Å². The van der Waals surface area contributed by atoms with E-state index < -0.39 is 0 Å². The fraction of sp³-hybridized carbons (Fsp3) is 1.00. The van der Waals surface area contributed by atoms with Gasteiger partial charge < -0.3 is 10.1 Å². The van der Waals surface area contributed by atoms with Gasteiger partial charge in [0.1, 0.15) is 0 Å². The summed E-state index contributed by atoms with van der Waals surface area (Å²) in [5.74, 6) is 0. The molecule has 0 atom stereocenters. The van der Waals surface area contributed by atoms with Crippen LogP contribution < -0.4 is 5.32 Å². The van der Waals surface area contributed by atoms with E-state index in [0.29, 0.717) is 6.10 Å². The molecule has 2 heteroatoms. The molecule has 94 valence electrons. The smallest absolute Gasteiger partial charge is 0.0575 e. The molecular formula is C14H27NO. The highest BCUT2D eigenvalue weighted by Gasteiger charge is 2.15. The van der Waals surface area contributed by atoms with Crippen LogP contribution >= 0.6 is 0 Å². The van der Waals surface area contributed by atoms with Crippen molar-refractivity contribution in [3.8, 4) is 0 Å². The summed E-state index contributed by atoms with van der Waals surface area (Å²) in [6.45, 7) is 2.11. The summed E-state index contributed by atoms with van der Waals surface area (Å²) in [5, 5.41) is 3.67. The van der Waals surface area contributed by atoms with Crippen LogP contribution in [0.3, 0.4) is 0 Å². The Hall–Kier alpha value is -0.0800. The second kappa shape index (κ2) is 7.29. The average molecular weight is 225 g/mol. The Morgan fingerprint density at radius 2 is 1.56 bits per heavy atom. The van der Waals surface area contributed by atoms with Gasteiger partial charge in [-0.1, -0.05) is 32.1 Å². The van der Waals surface area contributed by atoms with Gasteiger partial charge in [0, 0.05) is 12.6 Å². The SMILES string of the molecule is C1CCC(NCCCOC2CCCC2)CC1. The number of ether oxygens (including phenoxy) is 1. The molecule has 2 nitrogen and oxygen atoms in total. The van der Waals surface area contributed by atoms with E-state index in [4.69, 9.17) is 4.74 Å². The summed E-state index contributed by atoms with van der Waals surface area (Å²) in [6, 6.07) is 0.806. The topological polar surface area (TPSA) is 21.3 Å². The predicted molar refractivity (Wildman–Crippen MR) is 67.7 cm³/mol. The fourth-order valence-corrected chi connectivity index (χ4v) is 2.99. The monoisotopic (exact) mass is 225 g/mol. The first-order valence-electron chi connectivity index (χ1n) is 7.30. The summed E-state index contributed by atoms with van der Waals surface area (Å²) in [5.41, 5.74) is 0. The molecule has 0 bridgehead atoms. The lowest BCUT2D eigenvalue weighted by Gasteiger charge is -2.22. The van der Waals surface area contributed by atoms with Crippen molar-refractivity contribution in [2.45, 2.75) is 76.4 Å². The number of nitrogens with one attached hydrogen (secondary N) is 1. The zero-order chi connectivity index (χ0) is 11.1. The second-order valence-corrected chi connectivity index (χ2v) is 5.42. The summed E-state index contributed by atoms with van der Waals surface area (Å²) in [6.07, 6.45) is 14.2. The molecule has 0 saturated heterocycles. The molecule has 0 aliphatic heterocycles. The van der Waals surface area contributed by atoms with Crippen LogP contribution in [-0.2, 0) is 4.74 Å². The maximum atomic E-state index is 5.85. The van der Waals surface area contributed by atoms with Crippen molar-refractivity contribution in [1.82, 2.24) is 5.32 Å². The van der Waals surface area contributed by atoms with Crippen LogP contribution in [0.1, 0.15) is 64.2 Å². The first-order valence-corrected chi connectivity index (χ1v) is 7.30. The first-order chi connectivity index (χ1) is 7.95. The molecule has 2 saturated carbocycles. The minimum absolute atomic E-state index is 0.592. The second-order valence-electron chi connectivity index (χ2n) is 5.42. The van der Waals surface area contributed by atoms with Crippen molar-refractivity contribution < 1.29 is 4.74 Å². The van der Waals surface area contributed by atoms with Crippen molar-refractivity contribution in [2.75, 3.05) is 13.2 Å². The standard InChI is InChI=1S/C14H27NO/c1-2-7-13(8-3-1)15-11-6-12-16-14-9-4-5-10-14/h13-15H,1-12H2. The average Bonchev–Trinajstić information content (AvgIpc) is 2.83. The van der Waals surface area contributed by atoms with Crippen LogP contribution in [0.5, 0.6) is 0 Å². The van der Waals surface area contributed by atoms with Crippen molar-refractivity contribution in [3.63, 3.8) is 0 Å². The summed E-state index contributed by atoms with van der Waals surface area (Å²) in [7, 11) is 0. The molecule has 2 aliphatic rings. The van der Waals surface area contributed by atoms with Crippen molar-refractivity contribution in [1.29, 1.82) is 0 Å². The van der Waals surface area contributed by atoms with Gasteiger partial charge in [0.2, 0.25) is 0 Å². The molecule has 0 heterocycles. The molecule has 0 radical (unpaired) electrons. The lowest BCUT2D eigenvalue weighted by atomic mass is 9.95. The van der Waals surface area contributed by atoms with E-state index >= 15 is 0 Å². The van der Waals surface area contributed by atoms with Crippen molar-refractivity contribution >= 4 is 0 Å². The largest absolute Gasteiger partial charge is 0.378 e. The molecule has 2 fully saturated rings. The third-order valence-corrected chi connectivity index (χ3v) is 4.02. The molecule has 0 aromatic rings. The fourth-order valence-electron chi connectivity index (χ4n) is 2.99. The van der Waals surface area contributed by atoms with E-state index in [-0.39, 0.29) is 0 Å². The van der Waals surface area contributed by atoms with E-state index in [0.717, 1.165) is 19.2 Å². The molecule has 2 aliphatic carbocycles. The minimum atomic E-state index is 0.592.